The number of para-hydroxylation sites is 1. The summed E-state index contributed by atoms with van der Waals surface area (Å²) in [5.74, 6) is 0.546. The third-order valence-electron chi connectivity index (χ3n) is 4.95. The molecule has 4 rings (SSSR count). The van der Waals surface area contributed by atoms with Crippen LogP contribution < -0.4 is 10.9 Å². The number of aromatic nitrogens is 4. The highest BCUT2D eigenvalue weighted by Gasteiger charge is 2.17. The van der Waals surface area contributed by atoms with Gasteiger partial charge in [-0.1, -0.05) is 36.0 Å². The van der Waals surface area contributed by atoms with Gasteiger partial charge in [0.15, 0.2) is 5.16 Å². The molecule has 8 heteroatoms. The van der Waals surface area contributed by atoms with Crippen molar-refractivity contribution in [2.45, 2.75) is 25.9 Å². The highest BCUT2D eigenvalue weighted by atomic mass is 32.2. The number of anilines is 1. The Morgan fingerprint density at radius 2 is 1.87 bits per heavy atom. The van der Waals surface area contributed by atoms with Gasteiger partial charge in [-0.15, -0.1) is 0 Å². The minimum atomic E-state index is -0.192. The van der Waals surface area contributed by atoms with Crippen molar-refractivity contribution in [1.29, 1.82) is 0 Å². The minimum Gasteiger partial charge on any atom is -0.310 e. The number of nitrogens with one attached hydrogen (secondary N) is 1. The standard InChI is InChI=1S/C23H23N5O2S/c1-14-9-10-15(2)19(11-14)28-22(30)17-7-5-6-8-18(17)24-23(28)31-13-21(29)25-20-12-16(3)26-27(20)4/h5-12H,13H2,1-4H3,(H,25,29). The molecule has 0 aliphatic heterocycles. The van der Waals surface area contributed by atoms with Crippen LogP contribution >= 0.6 is 11.8 Å². The first-order valence-corrected chi connectivity index (χ1v) is 10.8. The molecule has 7 nitrogen and oxygen atoms in total. The summed E-state index contributed by atoms with van der Waals surface area (Å²) in [7, 11) is 1.78. The summed E-state index contributed by atoms with van der Waals surface area (Å²) < 4.78 is 3.23. The van der Waals surface area contributed by atoms with E-state index in [4.69, 9.17) is 4.98 Å². The summed E-state index contributed by atoms with van der Waals surface area (Å²) in [5.41, 5.74) is 4.06. The number of nitrogens with zero attached hydrogens (tertiary/aromatic N) is 4. The first-order chi connectivity index (χ1) is 14.8. The molecule has 4 aromatic rings. The van der Waals surface area contributed by atoms with Crippen LogP contribution in [0.4, 0.5) is 5.82 Å². The first kappa shape index (κ1) is 20.9. The average Bonchev–Trinajstić information content (AvgIpc) is 3.05. The van der Waals surface area contributed by atoms with Crippen LogP contribution in [0.2, 0.25) is 0 Å². The molecule has 0 saturated carbocycles. The summed E-state index contributed by atoms with van der Waals surface area (Å²) >= 11 is 1.24. The van der Waals surface area contributed by atoms with Crippen LogP contribution in [0.15, 0.2) is 58.5 Å². The maximum absolute atomic E-state index is 13.4. The van der Waals surface area contributed by atoms with Gasteiger partial charge in [0, 0.05) is 13.1 Å². The average molecular weight is 434 g/mol. The number of rotatable bonds is 5. The molecule has 0 radical (unpaired) electrons. The Labute approximate surface area is 184 Å². The van der Waals surface area contributed by atoms with Crippen molar-refractivity contribution in [1.82, 2.24) is 19.3 Å². The van der Waals surface area contributed by atoms with E-state index in [9.17, 15) is 9.59 Å². The van der Waals surface area contributed by atoms with E-state index in [1.165, 1.54) is 11.8 Å². The predicted octanol–water partition coefficient (Wildman–Crippen LogP) is 3.78. The van der Waals surface area contributed by atoms with Crippen molar-refractivity contribution in [2.75, 3.05) is 11.1 Å². The summed E-state index contributed by atoms with van der Waals surface area (Å²) in [6, 6.07) is 15.0. The molecule has 1 N–H and O–H groups in total. The summed E-state index contributed by atoms with van der Waals surface area (Å²) in [6.07, 6.45) is 0. The van der Waals surface area contributed by atoms with Crippen LogP contribution in [-0.4, -0.2) is 31.0 Å². The number of benzene rings is 2. The van der Waals surface area contributed by atoms with Gasteiger partial charge in [0.05, 0.1) is 28.0 Å². The van der Waals surface area contributed by atoms with Gasteiger partial charge in [0.2, 0.25) is 5.91 Å². The fourth-order valence-corrected chi connectivity index (χ4v) is 4.22. The topological polar surface area (TPSA) is 81.8 Å². The largest absolute Gasteiger partial charge is 0.310 e. The molecule has 0 aliphatic carbocycles. The van der Waals surface area contributed by atoms with Crippen molar-refractivity contribution >= 4 is 34.4 Å². The number of thioether (sulfide) groups is 1. The number of carbonyl (C=O) groups excluding carboxylic acids is 1. The Kier molecular flexibility index (Phi) is 5.65. The zero-order valence-corrected chi connectivity index (χ0v) is 18.7. The van der Waals surface area contributed by atoms with E-state index < -0.39 is 0 Å². The monoisotopic (exact) mass is 433 g/mol. The molecule has 0 atom stereocenters. The van der Waals surface area contributed by atoms with E-state index in [0.717, 1.165) is 22.5 Å². The molecule has 0 spiro atoms. The van der Waals surface area contributed by atoms with E-state index in [1.54, 1.807) is 22.4 Å². The maximum atomic E-state index is 13.4. The zero-order valence-electron chi connectivity index (χ0n) is 17.8. The molecule has 1 amide bonds. The third kappa shape index (κ3) is 4.25. The molecular formula is C23H23N5O2S. The molecule has 0 aliphatic rings. The summed E-state index contributed by atoms with van der Waals surface area (Å²) in [5, 5.41) is 8.12. The molecule has 2 heterocycles. The fraction of sp³-hybridized carbons (Fsp3) is 0.217. The van der Waals surface area contributed by atoms with Crippen LogP contribution in [0.3, 0.4) is 0 Å². The molecule has 158 valence electrons. The number of fused-ring (bicyclic) bond motifs is 1. The second-order valence-corrected chi connectivity index (χ2v) is 8.42. The van der Waals surface area contributed by atoms with Gasteiger partial charge in [-0.3, -0.25) is 18.8 Å². The smallest absolute Gasteiger partial charge is 0.266 e. The van der Waals surface area contributed by atoms with Crippen molar-refractivity contribution in [3.05, 3.63) is 75.7 Å². The normalized spacial score (nSPS) is 11.1. The summed E-state index contributed by atoms with van der Waals surface area (Å²) in [6.45, 7) is 5.81. The lowest BCUT2D eigenvalue weighted by atomic mass is 10.1. The van der Waals surface area contributed by atoms with Crippen LogP contribution in [0.5, 0.6) is 0 Å². The number of amides is 1. The Bertz CT molecular complexity index is 1360. The van der Waals surface area contributed by atoms with E-state index in [-0.39, 0.29) is 17.2 Å². The SMILES string of the molecule is Cc1ccc(C)c(-n2c(SCC(=O)Nc3cc(C)nn3C)nc3ccccc3c2=O)c1. The number of aryl methyl sites for hydroxylation is 4. The first-order valence-electron chi connectivity index (χ1n) is 9.86. The zero-order chi connectivity index (χ0) is 22.1. The Hall–Kier alpha value is -3.39. The molecule has 0 saturated heterocycles. The van der Waals surface area contributed by atoms with E-state index in [0.29, 0.717) is 21.9 Å². The second kappa shape index (κ2) is 8.39. The highest BCUT2D eigenvalue weighted by molar-refractivity contribution is 7.99. The third-order valence-corrected chi connectivity index (χ3v) is 5.89. The van der Waals surface area contributed by atoms with Crippen molar-refractivity contribution in [3.8, 4) is 5.69 Å². The fourth-order valence-electron chi connectivity index (χ4n) is 3.42. The lowest BCUT2D eigenvalue weighted by Crippen LogP contribution is -2.24. The maximum Gasteiger partial charge on any atom is 0.266 e. The van der Waals surface area contributed by atoms with Crippen molar-refractivity contribution < 1.29 is 4.79 Å². The van der Waals surface area contributed by atoms with Gasteiger partial charge in [-0.25, -0.2) is 4.98 Å². The highest BCUT2D eigenvalue weighted by Crippen LogP contribution is 2.24. The van der Waals surface area contributed by atoms with Crippen molar-refractivity contribution in [2.24, 2.45) is 7.05 Å². The van der Waals surface area contributed by atoms with Crippen molar-refractivity contribution in [3.63, 3.8) is 0 Å². The van der Waals surface area contributed by atoms with E-state index in [1.807, 2.05) is 63.2 Å². The van der Waals surface area contributed by atoms with E-state index >= 15 is 0 Å². The predicted molar refractivity (Wildman–Crippen MR) is 124 cm³/mol. The van der Waals surface area contributed by atoms with Gasteiger partial charge in [-0.05, 0) is 50.1 Å². The van der Waals surface area contributed by atoms with Gasteiger partial charge >= 0.3 is 0 Å². The summed E-state index contributed by atoms with van der Waals surface area (Å²) in [4.78, 5) is 30.7. The van der Waals surface area contributed by atoms with Gasteiger partial charge in [0.1, 0.15) is 5.82 Å². The Balaban J connectivity index is 1.72. The molecular weight excluding hydrogens is 410 g/mol. The number of hydrogen-bond donors (Lipinski definition) is 1. The lowest BCUT2D eigenvalue weighted by Gasteiger charge is -2.15. The van der Waals surface area contributed by atoms with Crippen LogP contribution in [0.1, 0.15) is 16.8 Å². The van der Waals surface area contributed by atoms with Crippen LogP contribution in [-0.2, 0) is 11.8 Å². The molecule has 0 fully saturated rings. The minimum absolute atomic E-state index is 0.111. The second-order valence-electron chi connectivity index (χ2n) is 7.47. The Morgan fingerprint density at radius 3 is 2.61 bits per heavy atom. The van der Waals surface area contributed by atoms with E-state index in [2.05, 4.69) is 10.4 Å². The molecule has 2 aromatic heterocycles. The Morgan fingerprint density at radius 1 is 1.10 bits per heavy atom. The number of carbonyl (C=O) groups is 1. The number of hydrogen-bond acceptors (Lipinski definition) is 5. The van der Waals surface area contributed by atoms with Gasteiger partial charge < -0.3 is 5.32 Å². The molecule has 0 unspecified atom stereocenters. The molecule has 31 heavy (non-hydrogen) atoms. The lowest BCUT2D eigenvalue weighted by molar-refractivity contribution is -0.113. The quantitative estimate of drug-likeness (QED) is 0.383. The molecule has 2 aromatic carbocycles. The molecule has 0 bridgehead atoms. The van der Waals surface area contributed by atoms with Crippen LogP contribution in [0, 0.1) is 20.8 Å². The van der Waals surface area contributed by atoms with Crippen LogP contribution in [0.25, 0.3) is 16.6 Å². The van der Waals surface area contributed by atoms with Gasteiger partial charge in [-0.2, -0.15) is 5.10 Å². The van der Waals surface area contributed by atoms with Gasteiger partial charge in [0.25, 0.3) is 5.56 Å².